The van der Waals surface area contributed by atoms with E-state index >= 15 is 0 Å². The lowest BCUT2D eigenvalue weighted by atomic mass is 10.1. The van der Waals surface area contributed by atoms with Gasteiger partial charge in [-0.3, -0.25) is 13.9 Å². The third-order valence-electron chi connectivity index (χ3n) is 7.46. The maximum Gasteiger partial charge on any atom is 0.264 e. The summed E-state index contributed by atoms with van der Waals surface area (Å²) in [5.74, 6) is -1.20. The number of carbonyl (C=O) groups excluding carboxylic acids is 2. The van der Waals surface area contributed by atoms with Crippen molar-refractivity contribution in [3.8, 4) is 0 Å². The van der Waals surface area contributed by atoms with Crippen molar-refractivity contribution in [3.05, 3.63) is 95.3 Å². The quantitative estimate of drug-likeness (QED) is 0.325. The largest absolute Gasteiger partial charge is 0.352 e. The molecule has 7 nitrogen and oxygen atoms in total. The first kappa shape index (κ1) is 30.2. The van der Waals surface area contributed by atoms with Gasteiger partial charge >= 0.3 is 0 Å². The van der Waals surface area contributed by atoms with Crippen LogP contribution in [0.15, 0.2) is 77.7 Å². The summed E-state index contributed by atoms with van der Waals surface area (Å²) in [5.41, 5.74) is 2.71. The monoisotopic (exact) mass is 579 g/mol. The van der Waals surface area contributed by atoms with E-state index in [0.29, 0.717) is 17.7 Å². The van der Waals surface area contributed by atoms with Crippen molar-refractivity contribution < 1.29 is 22.4 Å². The van der Waals surface area contributed by atoms with Crippen LogP contribution in [-0.4, -0.2) is 43.8 Å². The van der Waals surface area contributed by atoms with E-state index < -0.39 is 34.3 Å². The zero-order valence-corrected chi connectivity index (χ0v) is 24.7. The van der Waals surface area contributed by atoms with E-state index in [2.05, 4.69) is 5.32 Å². The molecule has 0 aliphatic heterocycles. The lowest BCUT2D eigenvalue weighted by molar-refractivity contribution is -0.140. The number of halogens is 1. The molecule has 0 heterocycles. The minimum Gasteiger partial charge on any atom is -0.352 e. The number of carbonyl (C=O) groups is 2. The Kier molecular flexibility index (Phi) is 9.81. The Morgan fingerprint density at radius 2 is 1.56 bits per heavy atom. The van der Waals surface area contributed by atoms with Gasteiger partial charge in [-0.05, 0) is 86.2 Å². The molecule has 2 amide bonds. The molecule has 1 saturated carbocycles. The van der Waals surface area contributed by atoms with Crippen LogP contribution in [0.25, 0.3) is 0 Å². The molecule has 3 aromatic rings. The molecule has 3 aromatic carbocycles. The molecule has 0 saturated heterocycles. The fourth-order valence-corrected chi connectivity index (χ4v) is 6.84. The minimum absolute atomic E-state index is 0.0295. The van der Waals surface area contributed by atoms with E-state index in [4.69, 9.17) is 0 Å². The molecule has 0 unspecified atom stereocenters. The fourth-order valence-electron chi connectivity index (χ4n) is 5.42. The Labute approximate surface area is 242 Å². The molecule has 1 atom stereocenters. The number of benzene rings is 3. The number of rotatable bonds is 11. The maximum atomic E-state index is 14.2. The average Bonchev–Trinajstić information content (AvgIpc) is 3.45. The van der Waals surface area contributed by atoms with Gasteiger partial charge in [-0.1, -0.05) is 56.2 Å². The molecule has 0 spiro atoms. The summed E-state index contributed by atoms with van der Waals surface area (Å²) in [5, 5.41) is 3.09. The highest BCUT2D eigenvalue weighted by Gasteiger charge is 2.34. The van der Waals surface area contributed by atoms with Gasteiger partial charge in [-0.15, -0.1) is 0 Å². The highest BCUT2D eigenvalue weighted by Crippen LogP contribution is 2.27. The lowest BCUT2D eigenvalue weighted by Gasteiger charge is -2.34. The van der Waals surface area contributed by atoms with Gasteiger partial charge in [0.15, 0.2) is 0 Å². The summed E-state index contributed by atoms with van der Waals surface area (Å²) >= 11 is 0. The van der Waals surface area contributed by atoms with Crippen LogP contribution in [0, 0.1) is 19.7 Å². The first-order chi connectivity index (χ1) is 19.6. The van der Waals surface area contributed by atoms with Crippen LogP contribution in [0.3, 0.4) is 0 Å². The summed E-state index contributed by atoms with van der Waals surface area (Å²) in [6.45, 7) is 5.09. The Bertz CT molecular complexity index is 1440. The van der Waals surface area contributed by atoms with Gasteiger partial charge in [-0.25, -0.2) is 12.8 Å². The zero-order valence-electron chi connectivity index (χ0n) is 23.8. The Hall–Kier alpha value is -3.72. The second kappa shape index (κ2) is 13.3. The summed E-state index contributed by atoms with van der Waals surface area (Å²) in [6, 6.07) is 18.4. The molecule has 0 aromatic heterocycles. The topological polar surface area (TPSA) is 86.8 Å². The molecule has 218 valence electrons. The maximum absolute atomic E-state index is 14.2. The van der Waals surface area contributed by atoms with Gasteiger partial charge in [0.25, 0.3) is 10.0 Å². The SMILES string of the molecule is CC[C@H](C(=O)NC1CCCC1)N(Cc1ccc(F)cc1)C(=O)CN(c1cc(C)cc(C)c1)S(=O)(=O)c1ccccc1. The molecular weight excluding hydrogens is 541 g/mol. The molecule has 0 radical (unpaired) electrons. The lowest BCUT2D eigenvalue weighted by Crippen LogP contribution is -2.53. The number of hydrogen-bond acceptors (Lipinski definition) is 4. The van der Waals surface area contributed by atoms with Crippen LogP contribution in [0.2, 0.25) is 0 Å². The zero-order chi connectivity index (χ0) is 29.6. The molecule has 9 heteroatoms. The number of anilines is 1. The van der Waals surface area contributed by atoms with Crippen molar-refractivity contribution in [2.24, 2.45) is 0 Å². The number of hydrogen-bond donors (Lipinski definition) is 1. The smallest absolute Gasteiger partial charge is 0.264 e. The number of nitrogens with zero attached hydrogens (tertiary/aromatic N) is 2. The van der Waals surface area contributed by atoms with Gasteiger partial charge in [0, 0.05) is 12.6 Å². The summed E-state index contributed by atoms with van der Waals surface area (Å²) in [6.07, 6.45) is 4.21. The number of aryl methyl sites for hydroxylation is 2. The van der Waals surface area contributed by atoms with E-state index in [1.54, 1.807) is 42.5 Å². The standard InChI is InChI=1S/C32H38FN3O4S/c1-4-30(32(38)34-27-10-8-9-11-27)35(21-25-14-16-26(33)17-15-25)31(37)22-36(28-19-23(2)18-24(3)20-28)41(39,40)29-12-6-5-7-13-29/h5-7,12-20,27,30H,4,8-11,21-22H2,1-3H3,(H,34,38)/t30-/m1/s1. The average molecular weight is 580 g/mol. The molecule has 1 fully saturated rings. The van der Waals surface area contributed by atoms with Crippen LogP contribution < -0.4 is 9.62 Å². The van der Waals surface area contributed by atoms with Crippen LogP contribution in [-0.2, 0) is 26.2 Å². The predicted molar refractivity (Wildman–Crippen MR) is 158 cm³/mol. The number of amides is 2. The third kappa shape index (κ3) is 7.52. The van der Waals surface area contributed by atoms with Crippen molar-refractivity contribution in [3.63, 3.8) is 0 Å². The summed E-state index contributed by atoms with van der Waals surface area (Å²) in [4.78, 5) is 29.1. The number of sulfonamides is 1. The van der Waals surface area contributed by atoms with E-state index in [0.717, 1.165) is 41.1 Å². The van der Waals surface area contributed by atoms with E-state index in [9.17, 15) is 22.4 Å². The fraction of sp³-hybridized carbons (Fsp3) is 0.375. The molecule has 1 N–H and O–H groups in total. The van der Waals surface area contributed by atoms with Crippen LogP contribution in [0.5, 0.6) is 0 Å². The van der Waals surface area contributed by atoms with Crippen molar-refractivity contribution >= 4 is 27.5 Å². The van der Waals surface area contributed by atoms with Crippen molar-refractivity contribution in [1.29, 1.82) is 0 Å². The second-order valence-corrected chi connectivity index (χ2v) is 12.6. The molecule has 41 heavy (non-hydrogen) atoms. The molecular formula is C32H38FN3O4S. The van der Waals surface area contributed by atoms with Crippen molar-refractivity contribution in [1.82, 2.24) is 10.2 Å². The third-order valence-corrected chi connectivity index (χ3v) is 9.25. The van der Waals surface area contributed by atoms with Crippen molar-refractivity contribution in [2.45, 2.75) is 76.4 Å². The van der Waals surface area contributed by atoms with Crippen LogP contribution in [0.4, 0.5) is 10.1 Å². The van der Waals surface area contributed by atoms with E-state index in [1.165, 1.54) is 29.2 Å². The highest BCUT2D eigenvalue weighted by atomic mass is 32.2. The Morgan fingerprint density at radius 3 is 2.15 bits per heavy atom. The molecule has 1 aliphatic carbocycles. The van der Waals surface area contributed by atoms with Gasteiger partial charge in [0.2, 0.25) is 11.8 Å². The normalized spacial score (nSPS) is 14.4. The second-order valence-electron chi connectivity index (χ2n) is 10.7. The van der Waals surface area contributed by atoms with Crippen molar-refractivity contribution in [2.75, 3.05) is 10.8 Å². The van der Waals surface area contributed by atoms with Gasteiger partial charge in [0.1, 0.15) is 18.4 Å². The van der Waals surface area contributed by atoms with E-state index in [1.807, 2.05) is 26.8 Å². The Morgan fingerprint density at radius 1 is 0.951 bits per heavy atom. The summed E-state index contributed by atoms with van der Waals surface area (Å²) in [7, 11) is -4.13. The number of nitrogens with one attached hydrogen (secondary N) is 1. The minimum atomic E-state index is -4.13. The van der Waals surface area contributed by atoms with Crippen LogP contribution in [0.1, 0.15) is 55.7 Å². The highest BCUT2D eigenvalue weighted by molar-refractivity contribution is 7.92. The molecule has 4 rings (SSSR count). The van der Waals surface area contributed by atoms with Gasteiger partial charge in [0.05, 0.1) is 10.6 Å². The predicted octanol–water partition coefficient (Wildman–Crippen LogP) is 5.50. The molecule has 1 aliphatic rings. The van der Waals surface area contributed by atoms with Crippen LogP contribution >= 0.6 is 0 Å². The Balaban J connectivity index is 1.72. The van der Waals surface area contributed by atoms with Gasteiger partial charge < -0.3 is 10.2 Å². The van der Waals surface area contributed by atoms with E-state index in [-0.39, 0.29) is 23.4 Å². The van der Waals surface area contributed by atoms with Gasteiger partial charge in [-0.2, -0.15) is 0 Å². The molecule has 0 bridgehead atoms. The summed E-state index contributed by atoms with van der Waals surface area (Å²) < 4.78 is 42.7. The first-order valence-electron chi connectivity index (χ1n) is 14.1. The first-order valence-corrected chi connectivity index (χ1v) is 15.5.